The lowest BCUT2D eigenvalue weighted by Crippen LogP contribution is -2.64. The van der Waals surface area contributed by atoms with Gasteiger partial charge in [0.05, 0.1) is 6.04 Å². The molecule has 2 heterocycles. The highest BCUT2D eigenvalue weighted by Gasteiger charge is 2.47. The summed E-state index contributed by atoms with van der Waals surface area (Å²) < 4.78 is 0. The van der Waals surface area contributed by atoms with Crippen molar-refractivity contribution >= 4 is 35.6 Å². The Morgan fingerprint density at radius 1 is 0.869 bits per heavy atom. The van der Waals surface area contributed by atoms with E-state index < -0.39 is 59.0 Å². The van der Waals surface area contributed by atoms with E-state index >= 15 is 0 Å². The molecule has 1 saturated carbocycles. The topological polar surface area (TPSA) is 224 Å². The van der Waals surface area contributed by atoms with E-state index in [0.29, 0.717) is 45.4 Å². The maximum Gasteiger partial charge on any atom is 0.404 e. The van der Waals surface area contributed by atoms with Crippen LogP contribution >= 0.6 is 0 Å². The lowest BCUT2D eigenvalue weighted by atomic mass is 9.70. The molecule has 3 fully saturated rings. The summed E-state index contributed by atoms with van der Waals surface area (Å²) in [7, 11) is 0. The van der Waals surface area contributed by atoms with Crippen LogP contribution in [0.2, 0.25) is 0 Å². The van der Waals surface area contributed by atoms with Gasteiger partial charge in [0.25, 0.3) is 5.91 Å². The third-order valence-electron chi connectivity index (χ3n) is 12.2. The Hall–Kier alpha value is -4.24. The van der Waals surface area contributed by atoms with Crippen molar-refractivity contribution in [1.29, 1.82) is 0 Å². The Bertz CT molecular complexity index is 1600. The van der Waals surface area contributed by atoms with Crippen molar-refractivity contribution in [3.8, 4) is 0 Å². The number of benzene rings is 1. The Balaban J connectivity index is 0.000000844. The SMILES string of the molecule is CC.CC(C)CC(NC(=O)C1CCCN1C(=O)C(NC(=O)NC(CN1CCC(C)(C)CC1(C)O)C(C)(C)C)C1(C)CCCCC1)C(=O)C(N)=O.O=C(O)NCc1ccccc1. The van der Waals surface area contributed by atoms with Gasteiger partial charge < -0.3 is 42.1 Å². The fourth-order valence-corrected chi connectivity index (χ4v) is 8.73. The second-order valence-corrected chi connectivity index (χ2v) is 19.7. The summed E-state index contributed by atoms with van der Waals surface area (Å²) in [6, 6.07) is 5.83. The zero-order valence-corrected chi connectivity index (χ0v) is 39.0. The predicted molar refractivity (Wildman–Crippen MR) is 238 cm³/mol. The number of Topliss-reactive ketones (excluding diaryl/α,β-unsaturated/α-hetero) is 1. The minimum Gasteiger partial charge on any atom is -0.465 e. The van der Waals surface area contributed by atoms with Crippen molar-refractivity contribution < 1.29 is 39.0 Å². The Morgan fingerprint density at radius 2 is 1.48 bits per heavy atom. The third kappa shape index (κ3) is 16.5. The van der Waals surface area contributed by atoms with Gasteiger partial charge in [-0.15, -0.1) is 0 Å². The van der Waals surface area contributed by atoms with Gasteiger partial charge in [-0.3, -0.25) is 24.1 Å². The molecule has 4 rings (SSSR count). The minimum absolute atomic E-state index is 0.0160. The Morgan fingerprint density at radius 3 is 2.00 bits per heavy atom. The number of piperidine rings is 1. The van der Waals surface area contributed by atoms with Crippen LogP contribution in [-0.2, 0) is 25.7 Å². The zero-order valence-electron chi connectivity index (χ0n) is 39.0. The molecular formula is C46H79N7O8. The number of hydrogen-bond acceptors (Lipinski definition) is 8. The van der Waals surface area contributed by atoms with Gasteiger partial charge in [0.2, 0.25) is 17.6 Å². The molecule has 0 radical (unpaired) electrons. The van der Waals surface area contributed by atoms with Gasteiger partial charge in [-0.25, -0.2) is 9.59 Å². The van der Waals surface area contributed by atoms with Gasteiger partial charge in [0, 0.05) is 32.2 Å². The van der Waals surface area contributed by atoms with Crippen LogP contribution in [0.15, 0.2) is 30.3 Å². The van der Waals surface area contributed by atoms with E-state index in [4.69, 9.17) is 10.8 Å². The van der Waals surface area contributed by atoms with Gasteiger partial charge in [0.15, 0.2) is 0 Å². The normalized spacial score (nSPS) is 22.4. The Labute approximate surface area is 365 Å². The number of carbonyl (C=O) groups excluding carboxylic acids is 5. The number of aliphatic hydroxyl groups is 1. The summed E-state index contributed by atoms with van der Waals surface area (Å²) in [6.07, 6.45) is 6.25. The van der Waals surface area contributed by atoms with E-state index in [0.717, 1.165) is 44.1 Å². The lowest BCUT2D eigenvalue weighted by molar-refractivity contribution is -0.152. The molecule has 0 bridgehead atoms. The van der Waals surface area contributed by atoms with Crippen LogP contribution in [0.4, 0.5) is 9.59 Å². The summed E-state index contributed by atoms with van der Waals surface area (Å²) >= 11 is 0. The van der Waals surface area contributed by atoms with Crippen molar-refractivity contribution in [2.45, 2.75) is 177 Å². The number of hydrogen-bond donors (Lipinski definition) is 7. The molecule has 0 spiro atoms. The van der Waals surface area contributed by atoms with Crippen molar-refractivity contribution in [1.82, 2.24) is 31.1 Å². The molecule has 3 aliphatic rings. The molecule has 0 aromatic heterocycles. The van der Waals surface area contributed by atoms with Crippen molar-refractivity contribution in [3.05, 3.63) is 35.9 Å². The van der Waals surface area contributed by atoms with E-state index in [1.807, 2.05) is 76.8 Å². The molecule has 2 saturated heterocycles. The molecule has 8 N–H and O–H groups in total. The molecule has 15 nitrogen and oxygen atoms in total. The fraction of sp³-hybridized carbons (Fsp3) is 0.739. The van der Waals surface area contributed by atoms with Crippen LogP contribution in [0.1, 0.15) is 146 Å². The van der Waals surface area contributed by atoms with Crippen molar-refractivity contribution in [2.75, 3.05) is 19.6 Å². The molecule has 5 atom stereocenters. The third-order valence-corrected chi connectivity index (χ3v) is 12.2. The summed E-state index contributed by atoms with van der Waals surface area (Å²) in [5.74, 6) is -2.77. The molecule has 346 valence electrons. The van der Waals surface area contributed by atoms with Crippen LogP contribution in [0.25, 0.3) is 0 Å². The largest absolute Gasteiger partial charge is 0.465 e. The minimum atomic E-state index is -1.11. The Kier molecular flexibility index (Phi) is 20.2. The standard InChI is InChI=1S/C36H64N6O6.C8H9NO2.C2H6/c1-23(2)20-24(27(43)29(37)44)38-30(45)25-14-13-18-42(25)31(46)28(35(8)15-11-10-12-16-35)40-32(47)39-26(33(3,4)5)21-41-19-17-34(6,7)22-36(41,9)48;10-8(11)9-6-7-4-2-1-3-5-7;1-2/h23-26,28,48H,10-22H2,1-9H3,(H2,37,44)(H,38,45)(H2,39,40,47);1-5,9H,6H2,(H,10,11);1-2H3. The van der Waals surface area contributed by atoms with Crippen molar-refractivity contribution in [3.63, 3.8) is 0 Å². The number of carbonyl (C=O) groups is 6. The summed E-state index contributed by atoms with van der Waals surface area (Å²) in [4.78, 5) is 79.8. The number of primary amides is 1. The smallest absolute Gasteiger partial charge is 0.404 e. The maximum atomic E-state index is 14.5. The molecule has 61 heavy (non-hydrogen) atoms. The summed E-state index contributed by atoms with van der Waals surface area (Å²) in [6.45, 7) is 24.0. The van der Waals surface area contributed by atoms with Gasteiger partial charge in [0.1, 0.15) is 17.8 Å². The van der Waals surface area contributed by atoms with E-state index in [1.165, 1.54) is 4.90 Å². The van der Waals surface area contributed by atoms with Crippen LogP contribution in [0.5, 0.6) is 0 Å². The molecule has 1 aromatic carbocycles. The van der Waals surface area contributed by atoms with Gasteiger partial charge >= 0.3 is 12.1 Å². The number of rotatable bonds is 14. The highest BCUT2D eigenvalue weighted by atomic mass is 16.4. The quantitative estimate of drug-likeness (QED) is 0.110. The zero-order chi connectivity index (χ0) is 46.3. The number of likely N-dealkylation sites (tertiary alicyclic amines) is 2. The molecule has 2 aliphatic heterocycles. The molecule has 6 amide bonds. The van der Waals surface area contributed by atoms with Crippen LogP contribution in [-0.4, -0.2) is 105 Å². The predicted octanol–water partition coefficient (Wildman–Crippen LogP) is 5.93. The van der Waals surface area contributed by atoms with Crippen LogP contribution < -0.4 is 27.0 Å². The number of urea groups is 1. The van der Waals surface area contributed by atoms with E-state index in [2.05, 4.69) is 55.9 Å². The van der Waals surface area contributed by atoms with Gasteiger partial charge in [-0.05, 0) is 79.6 Å². The molecule has 1 aliphatic carbocycles. The van der Waals surface area contributed by atoms with Crippen molar-refractivity contribution in [2.24, 2.45) is 27.9 Å². The first-order valence-corrected chi connectivity index (χ1v) is 22.3. The number of amides is 6. The first-order chi connectivity index (χ1) is 28.3. The average Bonchev–Trinajstić information content (AvgIpc) is 3.67. The van der Waals surface area contributed by atoms with Gasteiger partial charge in [-0.2, -0.15) is 0 Å². The lowest BCUT2D eigenvalue weighted by Gasteiger charge is -2.50. The van der Waals surface area contributed by atoms with Gasteiger partial charge in [-0.1, -0.05) is 119 Å². The average molecular weight is 858 g/mol. The number of carboxylic acid groups (broad SMARTS) is 1. The van der Waals surface area contributed by atoms with E-state index in [1.54, 1.807) is 0 Å². The first kappa shape index (κ1) is 52.9. The first-order valence-electron chi connectivity index (χ1n) is 22.3. The van der Waals surface area contributed by atoms with Crippen LogP contribution in [0.3, 0.4) is 0 Å². The monoisotopic (exact) mass is 858 g/mol. The molecule has 15 heteroatoms. The van der Waals surface area contributed by atoms with E-state index in [9.17, 15) is 33.9 Å². The molecular weight excluding hydrogens is 779 g/mol. The number of nitrogens with zero attached hydrogens (tertiary/aromatic N) is 2. The number of nitrogens with one attached hydrogen (secondary N) is 4. The second-order valence-electron chi connectivity index (χ2n) is 19.7. The highest BCUT2D eigenvalue weighted by molar-refractivity contribution is 6.37. The van der Waals surface area contributed by atoms with Crippen LogP contribution in [0, 0.1) is 22.2 Å². The second kappa shape index (κ2) is 23.3. The number of nitrogens with two attached hydrogens (primary N) is 1. The van der Waals surface area contributed by atoms with E-state index in [-0.39, 0.29) is 35.1 Å². The molecule has 5 unspecified atom stereocenters. The molecule has 1 aromatic rings. The maximum absolute atomic E-state index is 14.5. The fourth-order valence-electron chi connectivity index (χ4n) is 8.73. The number of ketones is 1. The highest BCUT2D eigenvalue weighted by Crippen LogP contribution is 2.41. The summed E-state index contributed by atoms with van der Waals surface area (Å²) in [5, 5.41) is 30.8. The summed E-state index contributed by atoms with van der Waals surface area (Å²) in [5.41, 5.74) is 4.38.